The summed E-state index contributed by atoms with van der Waals surface area (Å²) in [6.07, 6.45) is 0.0860. The van der Waals surface area contributed by atoms with Crippen LogP contribution in [0.2, 0.25) is 10.0 Å². The van der Waals surface area contributed by atoms with E-state index in [9.17, 15) is 19.8 Å². The number of hydrogen-bond acceptors (Lipinski definition) is 3. The summed E-state index contributed by atoms with van der Waals surface area (Å²) in [7, 11) is 0. The summed E-state index contributed by atoms with van der Waals surface area (Å²) in [5.41, 5.74) is 0.890. The number of hydrogen-bond donors (Lipinski definition) is 3. The first-order valence-electron chi connectivity index (χ1n) is 6.63. The fourth-order valence-corrected chi connectivity index (χ4v) is 2.24. The molecule has 0 aliphatic carbocycles. The Morgan fingerprint density at radius 2 is 1.70 bits per heavy atom. The molecule has 3 N–H and O–H groups in total. The molecule has 0 bridgehead atoms. The van der Waals surface area contributed by atoms with Gasteiger partial charge in [0.25, 0.3) is 5.91 Å². The molecule has 0 heterocycles. The molecule has 0 fully saturated rings. The highest BCUT2D eigenvalue weighted by atomic mass is 35.5. The van der Waals surface area contributed by atoms with Crippen molar-refractivity contribution in [3.05, 3.63) is 63.6 Å². The molecule has 7 heteroatoms. The number of carbonyl (C=O) groups excluding carboxylic acids is 1. The van der Waals surface area contributed by atoms with E-state index in [-0.39, 0.29) is 22.8 Å². The summed E-state index contributed by atoms with van der Waals surface area (Å²) in [6.45, 7) is 0. The Morgan fingerprint density at radius 3 is 2.26 bits per heavy atom. The van der Waals surface area contributed by atoms with Gasteiger partial charge in [0.05, 0.1) is 10.0 Å². The van der Waals surface area contributed by atoms with Crippen molar-refractivity contribution >= 4 is 35.1 Å². The highest BCUT2D eigenvalue weighted by molar-refractivity contribution is 6.42. The lowest BCUT2D eigenvalue weighted by molar-refractivity contribution is -0.139. The SMILES string of the molecule is O=C(NC(Cc1ccc(O)cc1)C(=O)O)c1ccc(Cl)c(Cl)c1. The average Bonchev–Trinajstić information content (AvgIpc) is 2.51. The normalized spacial score (nSPS) is 11.7. The predicted octanol–water partition coefficient (Wildman–Crippen LogP) is 3.12. The van der Waals surface area contributed by atoms with Crippen LogP contribution in [0.25, 0.3) is 0 Å². The third-order valence-corrected chi connectivity index (χ3v) is 3.90. The molecule has 1 amide bonds. The fraction of sp³-hybridized carbons (Fsp3) is 0.125. The van der Waals surface area contributed by atoms with Gasteiger partial charge in [0.2, 0.25) is 0 Å². The highest BCUT2D eigenvalue weighted by Gasteiger charge is 2.21. The van der Waals surface area contributed by atoms with E-state index in [0.29, 0.717) is 10.6 Å². The van der Waals surface area contributed by atoms with Gasteiger partial charge in [-0.05, 0) is 35.9 Å². The summed E-state index contributed by atoms with van der Waals surface area (Å²) in [5, 5.41) is 21.5. The molecule has 2 aromatic rings. The molecule has 0 saturated heterocycles. The Kier molecular flexibility index (Phi) is 5.47. The number of carboxylic acid groups (broad SMARTS) is 1. The number of carbonyl (C=O) groups is 2. The first-order chi connectivity index (χ1) is 10.9. The molecule has 0 aliphatic rings. The van der Waals surface area contributed by atoms with E-state index in [4.69, 9.17) is 23.2 Å². The number of rotatable bonds is 5. The average molecular weight is 354 g/mol. The van der Waals surface area contributed by atoms with Crippen molar-refractivity contribution in [2.24, 2.45) is 0 Å². The minimum atomic E-state index is -1.16. The van der Waals surface area contributed by atoms with Gasteiger partial charge in [0.15, 0.2) is 0 Å². The lowest BCUT2D eigenvalue weighted by Gasteiger charge is -2.15. The Hall–Kier alpha value is -2.24. The van der Waals surface area contributed by atoms with E-state index in [2.05, 4.69) is 5.32 Å². The van der Waals surface area contributed by atoms with E-state index in [0.717, 1.165) is 0 Å². The summed E-state index contributed by atoms with van der Waals surface area (Å²) in [5.74, 6) is -1.64. The van der Waals surface area contributed by atoms with Crippen LogP contribution in [-0.2, 0) is 11.2 Å². The minimum absolute atomic E-state index is 0.0838. The maximum absolute atomic E-state index is 12.2. The van der Waals surface area contributed by atoms with Gasteiger partial charge in [-0.1, -0.05) is 35.3 Å². The Morgan fingerprint density at radius 1 is 1.04 bits per heavy atom. The van der Waals surface area contributed by atoms with Gasteiger partial charge in [-0.3, -0.25) is 4.79 Å². The maximum atomic E-state index is 12.2. The Labute approximate surface area is 142 Å². The predicted molar refractivity (Wildman–Crippen MR) is 87.2 cm³/mol. The molecule has 1 atom stereocenters. The van der Waals surface area contributed by atoms with Crippen LogP contribution in [0, 0.1) is 0 Å². The van der Waals surface area contributed by atoms with Gasteiger partial charge < -0.3 is 15.5 Å². The van der Waals surface area contributed by atoms with E-state index in [1.165, 1.54) is 30.3 Å². The second-order valence-electron chi connectivity index (χ2n) is 4.86. The minimum Gasteiger partial charge on any atom is -0.508 e. The first-order valence-corrected chi connectivity index (χ1v) is 7.39. The van der Waals surface area contributed by atoms with Crippen LogP contribution < -0.4 is 5.32 Å². The lowest BCUT2D eigenvalue weighted by Crippen LogP contribution is -2.42. The monoisotopic (exact) mass is 353 g/mol. The van der Waals surface area contributed by atoms with Crippen LogP contribution in [0.5, 0.6) is 5.75 Å². The number of aliphatic carboxylic acids is 1. The van der Waals surface area contributed by atoms with Crippen LogP contribution >= 0.6 is 23.2 Å². The van der Waals surface area contributed by atoms with Crippen molar-refractivity contribution in [3.63, 3.8) is 0 Å². The Bertz CT molecular complexity index is 731. The zero-order chi connectivity index (χ0) is 17.0. The van der Waals surface area contributed by atoms with Gasteiger partial charge in [-0.2, -0.15) is 0 Å². The smallest absolute Gasteiger partial charge is 0.326 e. The standard InChI is InChI=1S/C16H13Cl2NO4/c17-12-6-3-10(8-13(12)18)15(21)19-14(16(22)23)7-9-1-4-11(20)5-2-9/h1-6,8,14,20H,7H2,(H,19,21)(H,22,23). The van der Waals surface area contributed by atoms with Gasteiger partial charge in [-0.25, -0.2) is 4.79 Å². The van der Waals surface area contributed by atoms with Gasteiger partial charge in [0.1, 0.15) is 11.8 Å². The summed E-state index contributed by atoms with van der Waals surface area (Å²) >= 11 is 11.6. The molecule has 2 aromatic carbocycles. The number of nitrogens with one attached hydrogen (secondary N) is 1. The number of amides is 1. The van der Waals surface area contributed by atoms with Gasteiger partial charge in [0, 0.05) is 12.0 Å². The molecule has 2 rings (SSSR count). The number of carboxylic acids is 1. The zero-order valence-electron chi connectivity index (χ0n) is 11.8. The van der Waals surface area contributed by atoms with Crippen molar-refractivity contribution < 1.29 is 19.8 Å². The number of benzene rings is 2. The van der Waals surface area contributed by atoms with E-state index < -0.39 is 17.9 Å². The van der Waals surface area contributed by atoms with Crippen molar-refractivity contribution in [1.29, 1.82) is 0 Å². The van der Waals surface area contributed by atoms with Crippen molar-refractivity contribution in [2.75, 3.05) is 0 Å². The fourth-order valence-electron chi connectivity index (χ4n) is 1.95. The van der Waals surface area contributed by atoms with Crippen molar-refractivity contribution in [2.45, 2.75) is 12.5 Å². The van der Waals surface area contributed by atoms with Gasteiger partial charge in [-0.15, -0.1) is 0 Å². The first kappa shape index (κ1) is 17.1. The number of phenolic OH excluding ortho intramolecular Hbond substituents is 1. The van der Waals surface area contributed by atoms with Crippen LogP contribution in [0.3, 0.4) is 0 Å². The third kappa shape index (κ3) is 4.61. The largest absolute Gasteiger partial charge is 0.508 e. The molecule has 120 valence electrons. The third-order valence-electron chi connectivity index (χ3n) is 3.16. The summed E-state index contributed by atoms with van der Waals surface area (Å²) < 4.78 is 0. The highest BCUT2D eigenvalue weighted by Crippen LogP contribution is 2.22. The second kappa shape index (κ2) is 7.35. The quantitative estimate of drug-likeness (QED) is 0.770. The maximum Gasteiger partial charge on any atom is 0.326 e. The number of aromatic hydroxyl groups is 1. The molecule has 0 aliphatic heterocycles. The van der Waals surface area contributed by atoms with Crippen molar-refractivity contribution in [3.8, 4) is 5.75 Å². The molecule has 0 radical (unpaired) electrons. The number of phenols is 1. The van der Waals surface area contributed by atoms with Crippen LogP contribution in [0.15, 0.2) is 42.5 Å². The second-order valence-corrected chi connectivity index (χ2v) is 5.68. The van der Waals surface area contributed by atoms with Crippen LogP contribution in [0.4, 0.5) is 0 Å². The molecule has 5 nitrogen and oxygen atoms in total. The molecule has 0 aromatic heterocycles. The molecule has 23 heavy (non-hydrogen) atoms. The molecular formula is C16H13Cl2NO4. The zero-order valence-corrected chi connectivity index (χ0v) is 13.3. The van der Waals surface area contributed by atoms with Crippen molar-refractivity contribution in [1.82, 2.24) is 5.32 Å². The molecular weight excluding hydrogens is 341 g/mol. The number of halogens is 2. The van der Waals surface area contributed by atoms with Crippen LogP contribution in [-0.4, -0.2) is 28.1 Å². The van der Waals surface area contributed by atoms with Gasteiger partial charge >= 0.3 is 5.97 Å². The van der Waals surface area contributed by atoms with E-state index in [1.54, 1.807) is 12.1 Å². The summed E-state index contributed by atoms with van der Waals surface area (Å²) in [6, 6.07) is 9.29. The lowest BCUT2D eigenvalue weighted by atomic mass is 10.1. The van der Waals surface area contributed by atoms with E-state index >= 15 is 0 Å². The van der Waals surface area contributed by atoms with E-state index in [1.807, 2.05) is 0 Å². The summed E-state index contributed by atoms with van der Waals surface area (Å²) in [4.78, 5) is 23.5. The topological polar surface area (TPSA) is 86.6 Å². The molecule has 0 spiro atoms. The Balaban J connectivity index is 2.12. The van der Waals surface area contributed by atoms with Crippen LogP contribution in [0.1, 0.15) is 15.9 Å². The molecule has 0 saturated carbocycles. The molecule has 1 unspecified atom stereocenters.